The van der Waals surface area contributed by atoms with Gasteiger partial charge in [0.05, 0.1) is 13.2 Å². The van der Waals surface area contributed by atoms with Crippen LogP contribution in [0, 0.1) is 0 Å². The molecule has 0 spiro atoms. The highest BCUT2D eigenvalue weighted by Crippen LogP contribution is 2.18. The lowest BCUT2D eigenvalue weighted by Gasteiger charge is -2.26. The van der Waals surface area contributed by atoms with E-state index in [0.717, 1.165) is 11.1 Å². The molecule has 0 aliphatic heterocycles. The molecule has 2 aromatic heterocycles. The van der Waals surface area contributed by atoms with Crippen molar-refractivity contribution in [3.8, 4) is 0 Å². The molecule has 0 saturated carbocycles. The summed E-state index contributed by atoms with van der Waals surface area (Å²) in [6, 6.07) is 13.4. The van der Waals surface area contributed by atoms with Crippen LogP contribution in [0.3, 0.4) is 0 Å². The molecule has 0 aliphatic rings. The number of nitrogens with two attached hydrogens (primary N) is 1. The molecule has 0 aliphatic carbocycles. The second-order valence-electron chi connectivity index (χ2n) is 6.65. The van der Waals surface area contributed by atoms with Crippen LogP contribution in [0.2, 0.25) is 0 Å². The minimum atomic E-state index is -0.527. The van der Waals surface area contributed by atoms with Crippen molar-refractivity contribution in [3.63, 3.8) is 0 Å². The molecule has 8 heteroatoms. The van der Waals surface area contributed by atoms with E-state index in [1.165, 1.54) is 4.57 Å². The molecule has 8 nitrogen and oxygen atoms in total. The van der Waals surface area contributed by atoms with Gasteiger partial charge in [0, 0.05) is 32.6 Å². The number of hydrogen-bond donors (Lipinski definition) is 2. The summed E-state index contributed by atoms with van der Waals surface area (Å²) in [5, 5.41) is 0. The average molecular weight is 395 g/mol. The van der Waals surface area contributed by atoms with E-state index in [1.54, 1.807) is 19.5 Å². The van der Waals surface area contributed by atoms with Gasteiger partial charge in [0.1, 0.15) is 11.5 Å². The molecule has 0 saturated heterocycles. The minimum Gasteiger partial charge on any atom is -0.383 e. The lowest BCUT2D eigenvalue weighted by molar-refractivity contribution is 0.205. The van der Waals surface area contributed by atoms with Crippen molar-refractivity contribution in [2.45, 2.75) is 13.0 Å². The number of anilines is 2. The predicted octanol–water partition coefficient (Wildman–Crippen LogP) is 1.26. The fourth-order valence-electron chi connectivity index (χ4n) is 3.16. The zero-order valence-corrected chi connectivity index (χ0v) is 16.4. The topological polar surface area (TPSA) is 106 Å². The molecule has 152 valence electrons. The first kappa shape index (κ1) is 20.3. The first-order chi connectivity index (χ1) is 14.1. The zero-order valence-electron chi connectivity index (χ0n) is 16.4. The van der Waals surface area contributed by atoms with Crippen LogP contribution in [0.5, 0.6) is 0 Å². The second-order valence-corrected chi connectivity index (χ2v) is 6.65. The lowest BCUT2D eigenvalue weighted by Crippen LogP contribution is -2.40. The van der Waals surface area contributed by atoms with Crippen LogP contribution in [-0.2, 0) is 17.7 Å². The molecule has 29 heavy (non-hydrogen) atoms. The monoisotopic (exact) mass is 395 g/mol. The van der Waals surface area contributed by atoms with Crippen molar-refractivity contribution >= 4 is 11.5 Å². The summed E-state index contributed by atoms with van der Waals surface area (Å²) in [5.74, 6) is 0.147. The normalized spacial score (nSPS) is 10.8. The Morgan fingerprint density at radius 1 is 1.07 bits per heavy atom. The Morgan fingerprint density at radius 3 is 2.48 bits per heavy atom. The molecular weight excluding hydrogens is 370 g/mol. The van der Waals surface area contributed by atoms with Gasteiger partial charge in [-0.05, 0) is 29.7 Å². The average Bonchev–Trinajstić information content (AvgIpc) is 2.74. The van der Waals surface area contributed by atoms with E-state index in [0.29, 0.717) is 26.1 Å². The summed E-state index contributed by atoms with van der Waals surface area (Å²) in [4.78, 5) is 33.3. The summed E-state index contributed by atoms with van der Waals surface area (Å²) in [7, 11) is 1.60. The van der Waals surface area contributed by atoms with Crippen LogP contribution in [0.1, 0.15) is 11.1 Å². The van der Waals surface area contributed by atoms with Crippen LogP contribution in [0.25, 0.3) is 0 Å². The predicted molar refractivity (Wildman–Crippen MR) is 113 cm³/mol. The molecule has 0 fully saturated rings. The molecular formula is C21H25N5O3. The first-order valence-electron chi connectivity index (χ1n) is 9.39. The van der Waals surface area contributed by atoms with E-state index < -0.39 is 11.2 Å². The SMILES string of the molecule is COCCN(CCc1ccncc1)c1c(N)n(Cc2ccccc2)c(=O)[nH]c1=O. The Morgan fingerprint density at radius 2 is 1.79 bits per heavy atom. The van der Waals surface area contributed by atoms with Gasteiger partial charge in [0.25, 0.3) is 5.56 Å². The maximum absolute atomic E-state index is 12.6. The van der Waals surface area contributed by atoms with E-state index >= 15 is 0 Å². The fourth-order valence-corrected chi connectivity index (χ4v) is 3.16. The van der Waals surface area contributed by atoms with E-state index in [1.807, 2.05) is 47.4 Å². The number of nitrogen functional groups attached to an aromatic ring is 1. The molecule has 0 unspecified atom stereocenters. The highest BCUT2D eigenvalue weighted by atomic mass is 16.5. The molecule has 0 radical (unpaired) electrons. The molecule has 0 atom stereocenters. The summed E-state index contributed by atoms with van der Waals surface area (Å²) >= 11 is 0. The molecule has 3 aromatic rings. The van der Waals surface area contributed by atoms with Crippen molar-refractivity contribution in [1.29, 1.82) is 0 Å². The number of hydrogen-bond acceptors (Lipinski definition) is 6. The number of aromatic nitrogens is 3. The Labute approximate surface area is 168 Å². The molecule has 3 N–H and O–H groups in total. The first-order valence-corrected chi connectivity index (χ1v) is 9.39. The maximum atomic E-state index is 12.6. The van der Waals surface area contributed by atoms with Crippen molar-refractivity contribution in [3.05, 3.63) is 86.8 Å². The smallest absolute Gasteiger partial charge is 0.330 e. The Balaban J connectivity index is 1.94. The number of pyridine rings is 1. The number of H-pyrrole nitrogens is 1. The highest BCUT2D eigenvalue weighted by Gasteiger charge is 2.19. The van der Waals surface area contributed by atoms with Gasteiger partial charge in [-0.25, -0.2) is 4.79 Å². The number of benzene rings is 1. The van der Waals surface area contributed by atoms with Gasteiger partial charge in [-0.3, -0.25) is 19.3 Å². The second kappa shape index (κ2) is 9.70. The number of methoxy groups -OCH3 is 1. The van der Waals surface area contributed by atoms with Crippen LogP contribution in [0.15, 0.2) is 64.4 Å². The van der Waals surface area contributed by atoms with E-state index in [9.17, 15) is 9.59 Å². The van der Waals surface area contributed by atoms with Crippen molar-refractivity contribution in [2.24, 2.45) is 0 Å². The number of aromatic amines is 1. The molecule has 0 amide bonds. The molecule has 0 bridgehead atoms. The highest BCUT2D eigenvalue weighted by molar-refractivity contribution is 5.62. The van der Waals surface area contributed by atoms with Crippen LogP contribution in [-0.4, -0.2) is 41.3 Å². The summed E-state index contributed by atoms with van der Waals surface area (Å²) in [6.07, 6.45) is 4.16. The fraction of sp³-hybridized carbons (Fsp3) is 0.286. The van der Waals surface area contributed by atoms with Gasteiger partial charge in [-0.1, -0.05) is 30.3 Å². The van der Waals surface area contributed by atoms with Gasteiger partial charge in [-0.2, -0.15) is 0 Å². The molecule has 3 rings (SSSR count). The number of ether oxygens (including phenoxy) is 1. The van der Waals surface area contributed by atoms with Gasteiger partial charge >= 0.3 is 5.69 Å². The number of nitrogens with one attached hydrogen (secondary N) is 1. The molecule has 1 aromatic carbocycles. The van der Waals surface area contributed by atoms with Crippen molar-refractivity contribution in [1.82, 2.24) is 14.5 Å². The van der Waals surface area contributed by atoms with Gasteiger partial charge < -0.3 is 15.4 Å². The summed E-state index contributed by atoms with van der Waals surface area (Å²) in [6.45, 7) is 1.72. The Bertz CT molecular complexity index is 1030. The van der Waals surface area contributed by atoms with Crippen LogP contribution in [0.4, 0.5) is 11.5 Å². The van der Waals surface area contributed by atoms with Crippen molar-refractivity contribution in [2.75, 3.05) is 37.4 Å². The standard InChI is InChI=1S/C21H25N5O3/c1-29-14-13-25(12-9-16-7-10-23-11-8-16)18-19(22)26(21(28)24-20(18)27)15-17-5-3-2-4-6-17/h2-8,10-11H,9,12-15,22H2,1H3,(H,24,27,28). The maximum Gasteiger partial charge on any atom is 0.330 e. The van der Waals surface area contributed by atoms with E-state index in [4.69, 9.17) is 10.5 Å². The number of nitrogens with zero attached hydrogens (tertiary/aromatic N) is 3. The Hall–Kier alpha value is -3.39. The lowest BCUT2D eigenvalue weighted by atomic mass is 10.2. The summed E-state index contributed by atoms with van der Waals surface area (Å²) < 4.78 is 6.59. The van der Waals surface area contributed by atoms with Crippen LogP contribution >= 0.6 is 0 Å². The Kier molecular flexibility index (Phi) is 6.80. The third kappa shape index (κ3) is 5.11. The minimum absolute atomic E-state index is 0.147. The van der Waals surface area contributed by atoms with Gasteiger partial charge in [-0.15, -0.1) is 0 Å². The molecule has 2 heterocycles. The number of rotatable bonds is 9. The summed E-state index contributed by atoms with van der Waals surface area (Å²) in [5.41, 5.74) is 7.59. The largest absolute Gasteiger partial charge is 0.383 e. The van der Waals surface area contributed by atoms with E-state index in [2.05, 4.69) is 9.97 Å². The quantitative estimate of drug-likeness (QED) is 0.565. The van der Waals surface area contributed by atoms with Gasteiger partial charge in [0.15, 0.2) is 0 Å². The van der Waals surface area contributed by atoms with Crippen molar-refractivity contribution < 1.29 is 4.74 Å². The third-order valence-corrected chi connectivity index (χ3v) is 4.70. The van der Waals surface area contributed by atoms with Crippen LogP contribution < -0.4 is 21.9 Å². The zero-order chi connectivity index (χ0) is 20.6. The van der Waals surface area contributed by atoms with Gasteiger partial charge in [0.2, 0.25) is 0 Å². The van der Waals surface area contributed by atoms with E-state index in [-0.39, 0.29) is 18.1 Å². The third-order valence-electron chi connectivity index (χ3n) is 4.70.